The van der Waals surface area contributed by atoms with Gasteiger partial charge in [0.2, 0.25) is 0 Å². The second kappa shape index (κ2) is 4.07. The lowest BCUT2D eigenvalue weighted by atomic mass is 10.2. The van der Waals surface area contributed by atoms with Crippen molar-refractivity contribution < 1.29 is 0 Å². The van der Waals surface area contributed by atoms with Gasteiger partial charge in [0.25, 0.3) is 0 Å². The van der Waals surface area contributed by atoms with Crippen LogP contribution < -0.4 is 0 Å². The van der Waals surface area contributed by atoms with Crippen LogP contribution in [0.4, 0.5) is 0 Å². The highest BCUT2D eigenvalue weighted by molar-refractivity contribution is 6.72. The molecule has 0 aromatic carbocycles. The van der Waals surface area contributed by atoms with Crippen LogP contribution in [0.5, 0.6) is 0 Å². The molecule has 0 amide bonds. The molecular formula is C5H9Cl3Si. The Kier molecular flexibility index (Phi) is 4.56. The Hall–Kier alpha value is 1.09. The summed E-state index contributed by atoms with van der Waals surface area (Å²) in [5.74, 6) is 0.694. The van der Waals surface area contributed by atoms with Gasteiger partial charge < -0.3 is 0 Å². The van der Waals surface area contributed by atoms with Gasteiger partial charge in [-0.3, -0.25) is 0 Å². The minimum absolute atomic E-state index is 0.172. The van der Waals surface area contributed by atoms with Crippen LogP contribution in [0.15, 0.2) is 0 Å². The molecule has 0 heterocycles. The highest BCUT2D eigenvalue weighted by Crippen LogP contribution is 2.29. The topological polar surface area (TPSA) is 0 Å². The van der Waals surface area contributed by atoms with E-state index in [1.807, 2.05) is 13.5 Å². The lowest BCUT2D eigenvalue weighted by Gasteiger charge is -2.22. The Morgan fingerprint density at radius 2 is 2.00 bits per heavy atom. The summed E-state index contributed by atoms with van der Waals surface area (Å²) in [5, 5.41) is 0. The van der Waals surface area contributed by atoms with Gasteiger partial charge in [-0.2, -0.15) is 0 Å². The maximum Gasteiger partial charge on any atom is 0.106 e. The van der Waals surface area contributed by atoms with Crippen molar-refractivity contribution in [2.24, 2.45) is 5.92 Å². The van der Waals surface area contributed by atoms with Gasteiger partial charge in [-0.05, 0) is 5.92 Å². The summed E-state index contributed by atoms with van der Waals surface area (Å²) >= 11 is 17.3. The fourth-order valence-electron chi connectivity index (χ4n) is 0.343. The van der Waals surface area contributed by atoms with E-state index in [9.17, 15) is 0 Å². The molecule has 0 aliphatic heterocycles. The summed E-state index contributed by atoms with van der Waals surface area (Å²) in [6.45, 7) is 3.92. The minimum atomic E-state index is -0.609. The fraction of sp³-hybridized carbons (Fsp3) is 1.00. The quantitative estimate of drug-likeness (QED) is 0.489. The summed E-state index contributed by atoms with van der Waals surface area (Å²) < 4.78 is -0.609. The molecule has 0 saturated heterocycles. The summed E-state index contributed by atoms with van der Waals surface area (Å²) in [7, 11) is 0.518. The Balaban J connectivity index is 3.80. The fourth-order valence-corrected chi connectivity index (χ4v) is 1.61. The maximum atomic E-state index is 5.86. The van der Waals surface area contributed by atoms with Crippen molar-refractivity contribution >= 4 is 44.3 Å². The average Bonchev–Trinajstić information content (AvgIpc) is 1.86. The van der Waals surface area contributed by atoms with E-state index < -0.39 is 3.96 Å². The molecule has 1 unspecified atom stereocenters. The number of hydrogen-bond acceptors (Lipinski definition) is 0. The first-order chi connectivity index (χ1) is 4.04. The van der Waals surface area contributed by atoms with E-state index in [-0.39, 0.29) is 5.92 Å². The van der Waals surface area contributed by atoms with Crippen LogP contribution in [-0.2, 0) is 0 Å². The first kappa shape index (κ1) is 10.1. The molecule has 1 atom stereocenters. The lowest BCUT2D eigenvalue weighted by Crippen LogP contribution is -2.29. The van der Waals surface area contributed by atoms with Gasteiger partial charge in [0.05, 0.1) is 9.52 Å². The van der Waals surface area contributed by atoms with Gasteiger partial charge in [0.1, 0.15) is 3.96 Å². The Morgan fingerprint density at radius 1 is 1.56 bits per heavy atom. The molecule has 0 aromatic rings. The van der Waals surface area contributed by atoms with Crippen LogP contribution in [0.25, 0.3) is 0 Å². The Morgan fingerprint density at radius 3 is 2.11 bits per heavy atom. The third kappa shape index (κ3) is 3.12. The van der Waals surface area contributed by atoms with Crippen molar-refractivity contribution in [1.82, 2.24) is 0 Å². The molecular weight excluding hydrogens is 194 g/mol. The van der Waals surface area contributed by atoms with Crippen LogP contribution in [0.3, 0.4) is 0 Å². The largest absolute Gasteiger partial charge is 0.126 e. The zero-order valence-corrected chi connectivity index (χ0v) is 8.69. The third-order valence-corrected chi connectivity index (χ3v) is 4.68. The second-order valence-corrected chi connectivity index (χ2v) is 5.55. The van der Waals surface area contributed by atoms with Crippen molar-refractivity contribution in [1.29, 1.82) is 0 Å². The Bertz CT molecular complexity index is 84.3. The molecule has 9 heavy (non-hydrogen) atoms. The molecule has 4 heteroatoms. The van der Waals surface area contributed by atoms with Gasteiger partial charge in [0, 0.05) is 5.88 Å². The molecule has 54 valence electrons. The highest BCUT2D eigenvalue weighted by Gasteiger charge is 2.28. The van der Waals surface area contributed by atoms with E-state index in [0.717, 1.165) is 0 Å². The monoisotopic (exact) mass is 202 g/mol. The third-order valence-electron chi connectivity index (χ3n) is 1.18. The molecule has 0 rings (SSSR count). The first-order valence-electron chi connectivity index (χ1n) is 2.67. The normalized spacial score (nSPS) is 15.7. The van der Waals surface area contributed by atoms with Crippen LogP contribution in [-0.4, -0.2) is 19.4 Å². The molecule has 0 N–H and O–H groups in total. The SMILES string of the molecule is C[Si]C(Cl)(Cl)C(C)CCl. The van der Waals surface area contributed by atoms with Gasteiger partial charge in [-0.15, -0.1) is 34.8 Å². The lowest BCUT2D eigenvalue weighted by molar-refractivity contribution is 0.672. The first-order valence-corrected chi connectivity index (χ1v) is 5.46. The maximum absolute atomic E-state index is 5.86. The molecule has 0 saturated carbocycles. The predicted octanol–water partition coefficient (Wildman–Crippen LogP) is 2.75. The predicted molar refractivity (Wildman–Crippen MR) is 45.9 cm³/mol. The summed E-state index contributed by atoms with van der Waals surface area (Å²) in [5.41, 5.74) is 0. The average molecular weight is 204 g/mol. The molecule has 0 spiro atoms. The van der Waals surface area contributed by atoms with Gasteiger partial charge in [0.15, 0.2) is 0 Å². The van der Waals surface area contributed by atoms with Crippen LogP contribution in [0.1, 0.15) is 6.92 Å². The van der Waals surface area contributed by atoms with Crippen LogP contribution in [0, 0.1) is 5.92 Å². The van der Waals surface area contributed by atoms with Gasteiger partial charge in [-0.1, -0.05) is 13.5 Å². The van der Waals surface area contributed by atoms with E-state index in [1.165, 1.54) is 0 Å². The molecule has 0 aliphatic rings. The van der Waals surface area contributed by atoms with E-state index in [1.54, 1.807) is 0 Å². The van der Waals surface area contributed by atoms with Crippen LogP contribution >= 0.6 is 34.8 Å². The van der Waals surface area contributed by atoms with Crippen molar-refractivity contribution in [3.05, 3.63) is 0 Å². The Labute approximate surface area is 73.7 Å². The smallest absolute Gasteiger partial charge is 0.106 e. The van der Waals surface area contributed by atoms with Gasteiger partial charge in [-0.25, -0.2) is 0 Å². The van der Waals surface area contributed by atoms with Crippen molar-refractivity contribution in [3.63, 3.8) is 0 Å². The van der Waals surface area contributed by atoms with Crippen molar-refractivity contribution in [3.8, 4) is 0 Å². The van der Waals surface area contributed by atoms with E-state index >= 15 is 0 Å². The summed E-state index contributed by atoms with van der Waals surface area (Å²) in [6, 6.07) is 0. The minimum Gasteiger partial charge on any atom is -0.126 e. The summed E-state index contributed by atoms with van der Waals surface area (Å²) in [6.07, 6.45) is 0. The van der Waals surface area contributed by atoms with E-state index in [4.69, 9.17) is 34.8 Å². The zero-order valence-electron chi connectivity index (χ0n) is 5.42. The second-order valence-electron chi connectivity index (χ2n) is 1.93. The number of alkyl halides is 3. The highest BCUT2D eigenvalue weighted by atomic mass is 35.5. The van der Waals surface area contributed by atoms with E-state index in [2.05, 4.69) is 0 Å². The molecule has 0 fully saturated rings. The molecule has 0 bridgehead atoms. The number of halogens is 3. The molecule has 0 aromatic heterocycles. The standard InChI is InChI=1S/C5H9Cl3Si/c1-4(3-6)5(7,8)9-2/h4H,3H2,1-2H3. The zero-order chi connectivity index (χ0) is 7.49. The van der Waals surface area contributed by atoms with Gasteiger partial charge >= 0.3 is 0 Å². The molecule has 0 nitrogen and oxygen atoms in total. The van der Waals surface area contributed by atoms with E-state index in [0.29, 0.717) is 15.4 Å². The number of hydrogen-bond donors (Lipinski definition) is 0. The van der Waals surface area contributed by atoms with Crippen molar-refractivity contribution in [2.75, 3.05) is 5.88 Å². The number of rotatable bonds is 3. The molecule has 0 aliphatic carbocycles. The van der Waals surface area contributed by atoms with Crippen molar-refractivity contribution in [2.45, 2.75) is 17.4 Å². The summed E-state index contributed by atoms with van der Waals surface area (Å²) in [4.78, 5) is 0. The molecule has 2 radical (unpaired) electrons. The van der Waals surface area contributed by atoms with Crippen LogP contribution in [0.2, 0.25) is 6.55 Å².